The minimum absolute atomic E-state index is 0.263. The normalized spacial score (nSPS) is 10.1. The Balaban J connectivity index is 1.58. The standard InChI is InChI=1S/C14H15ClN2O3/c15-11-3-5-12(6-4-11)20-9-7-16-14(18)17-10-13-2-1-8-19-13/h1-6,8H,7,9-10H2,(H2,16,17,18). The molecule has 2 aromatic rings. The van der Waals surface area contributed by atoms with Crippen LogP contribution in [0.4, 0.5) is 4.79 Å². The molecule has 0 aliphatic heterocycles. The van der Waals surface area contributed by atoms with Gasteiger partial charge in [0.2, 0.25) is 0 Å². The number of carbonyl (C=O) groups is 1. The van der Waals surface area contributed by atoms with Gasteiger partial charge in [-0.3, -0.25) is 0 Å². The average molecular weight is 295 g/mol. The Kier molecular flexibility index (Phi) is 5.32. The number of benzene rings is 1. The van der Waals surface area contributed by atoms with Crippen LogP contribution in [-0.4, -0.2) is 19.2 Å². The van der Waals surface area contributed by atoms with Gasteiger partial charge in [0.1, 0.15) is 18.1 Å². The number of nitrogens with one attached hydrogen (secondary N) is 2. The summed E-state index contributed by atoms with van der Waals surface area (Å²) in [5.74, 6) is 1.42. The first-order valence-electron chi connectivity index (χ1n) is 6.16. The highest BCUT2D eigenvalue weighted by Crippen LogP contribution is 2.14. The Bertz CT molecular complexity index is 526. The molecule has 106 valence electrons. The number of hydrogen-bond acceptors (Lipinski definition) is 3. The second-order valence-electron chi connectivity index (χ2n) is 3.99. The molecule has 20 heavy (non-hydrogen) atoms. The van der Waals surface area contributed by atoms with E-state index in [2.05, 4.69) is 10.6 Å². The van der Waals surface area contributed by atoms with Gasteiger partial charge >= 0.3 is 6.03 Å². The molecule has 1 aromatic heterocycles. The summed E-state index contributed by atoms with van der Waals surface area (Å²) >= 11 is 5.76. The molecule has 2 rings (SSSR count). The zero-order chi connectivity index (χ0) is 14.2. The summed E-state index contributed by atoms with van der Waals surface area (Å²) < 4.78 is 10.5. The van der Waals surface area contributed by atoms with Gasteiger partial charge in [0, 0.05) is 5.02 Å². The maximum Gasteiger partial charge on any atom is 0.315 e. The molecule has 0 spiro atoms. The summed E-state index contributed by atoms with van der Waals surface area (Å²) in [6.45, 7) is 1.15. The van der Waals surface area contributed by atoms with Crippen molar-refractivity contribution in [2.75, 3.05) is 13.2 Å². The maximum atomic E-state index is 11.5. The first-order chi connectivity index (χ1) is 9.74. The molecule has 0 radical (unpaired) electrons. The van der Waals surface area contributed by atoms with E-state index >= 15 is 0 Å². The monoisotopic (exact) mass is 294 g/mol. The summed E-state index contributed by atoms with van der Waals surface area (Å²) in [5, 5.41) is 6.02. The van der Waals surface area contributed by atoms with Crippen LogP contribution in [0.1, 0.15) is 5.76 Å². The lowest BCUT2D eigenvalue weighted by molar-refractivity contribution is 0.235. The largest absolute Gasteiger partial charge is 0.492 e. The van der Waals surface area contributed by atoms with Crippen LogP contribution in [0.5, 0.6) is 5.75 Å². The molecular formula is C14H15ClN2O3. The molecule has 0 fully saturated rings. The van der Waals surface area contributed by atoms with Gasteiger partial charge in [-0.05, 0) is 36.4 Å². The van der Waals surface area contributed by atoms with Crippen molar-refractivity contribution in [2.24, 2.45) is 0 Å². The lowest BCUT2D eigenvalue weighted by Crippen LogP contribution is -2.37. The lowest BCUT2D eigenvalue weighted by Gasteiger charge is -2.08. The summed E-state index contributed by atoms with van der Waals surface area (Å²) in [6.07, 6.45) is 1.56. The highest BCUT2D eigenvalue weighted by molar-refractivity contribution is 6.30. The number of hydrogen-bond donors (Lipinski definition) is 2. The van der Waals surface area contributed by atoms with Gasteiger partial charge in [0.25, 0.3) is 0 Å². The molecule has 2 N–H and O–H groups in total. The molecule has 6 heteroatoms. The average Bonchev–Trinajstić information content (AvgIpc) is 2.96. The number of furan rings is 1. The summed E-state index contributed by atoms with van der Waals surface area (Å²) in [5.41, 5.74) is 0. The van der Waals surface area contributed by atoms with Crippen molar-refractivity contribution >= 4 is 17.6 Å². The van der Waals surface area contributed by atoms with Crippen LogP contribution in [0, 0.1) is 0 Å². The fourth-order valence-corrected chi connectivity index (χ4v) is 1.63. The van der Waals surface area contributed by atoms with Gasteiger partial charge in [0.15, 0.2) is 0 Å². The second kappa shape index (κ2) is 7.45. The van der Waals surface area contributed by atoms with Crippen molar-refractivity contribution in [3.8, 4) is 5.75 Å². The smallest absolute Gasteiger partial charge is 0.315 e. The van der Waals surface area contributed by atoms with Crippen LogP contribution >= 0.6 is 11.6 Å². The molecule has 0 aliphatic rings. The van der Waals surface area contributed by atoms with E-state index in [1.807, 2.05) is 0 Å². The predicted octanol–water partition coefficient (Wildman–Crippen LogP) is 2.81. The molecule has 5 nitrogen and oxygen atoms in total. The van der Waals surface area contributed by atoms with Crippen molar-refractivity contribution < 1.29 is 13.9 Å². The van der Waals surface area contributed by atoms with Crippen LogP contribution in [-0.2, 0) is 6.54 Å². The third kappa shape index (κ3) is 4.85. The third-order valence-electron chi connectivity index (χ3n) is 2.47. The van der Waals surface area contributed by atoms with Gasteiger partial charge in [-0.2, -0.15) is 0 Å². The molecule has 0 saturated carbocycles. The third-order valence-corrected chi connectivity index (χ3v) is 2.73. The topological polar surface area (TPSA) is 63.5 Å². The Morgan fingerprint density at radius 3 is 2.70 bits per heavy atom. The van der Waals surface area contributed by atoms with E-state index in [1.54, 1.807) is 42.7 Å². The van der Waals surface area contributed by atoms with Crippen LogP contribution in [0.3, 0.4) is 0 Å². The van der Waals surface area contributed by atoms with Crippen LogP contribution < -0.4 is 15.4 Å². The predicted molar refractivity (Wildman–Crippen MR) is 75.9 cm³/mol. The van der Waals surface area contributed by atoms with E-state index < -0.39 is 0 Å². The zero-order valence-electron chi connectivity index (χ0n) is 10.8. The highest BCUT2D eigenvalue weighted by Gasteiger charge is 2.01. The van der Waals surface area contributed by atoms with Crippen molar-refractivity contribution in [3.05, 3.63) is 53.4 Å². The molecular weight excluding hydrogens is 280 g/mol. The van der Waals surface area contributed by atoms with Crippen LogP contribution in [0.15, 0.2) is 47.1 Å². The Hall–Kier alpha value is -2.14. The van der Waals surface area contributed by atoms with Gasteiger partial charge in [-0.1, -0.05) is 11.6 Å². The van der Waals surface area contributed by atoms with Crippen molar-refractivity contribution in [2.45, 2.75) is 6.54 Å². The molecule has 1 aromatic carbocycles. The van der Waals surface area contributed by atoms with E-state index in [1.165, 1.54) is 0 Å². The van der Waals surface area contributed by atoms with E-state index in [0.717, 1.165) is 0 Å². The zero-order valence-corrected chi connectivity index (χ0v) is 11.5. The van der Waals surface area contributed by atoms with E-state index in [4.69, 9.17) is 20.8 Å². The lowest BCUT2D eigenvalue weighted by atomic mass is 10.3. The number of ether oxygens (including phenoxy) is 1. The van der Waals surface area contributed by atoms with E-state index in [9.17, 15) is 4.79 Å². The van der Waals surface area contributed by atoms with E-state index in [0.29, 0.717) is 36.2 Å². The van der Waals surface area contributed by atoms with Crippen LogP contribution in [0.25, 0.3) is 0 Å². The number of rotatable bonds is 6. The quantitative estimate of drug-likeness (QED) is 0.805. The number of halogens is 1. The van der Waals surface area contributed by atoms with Crippen LogP contribution in [0.2, 0.25) is 5.02 Å². The van der Waals surface area contributed by atoms with Gasteiger partial charge < -0.3 is 19.8 Å². The summed E-state index contributed by atoms with van der Waals surface area (Å²) in [7, 11) is 0. The Morgan fingerprint density at radius 2 is 2.00 bits per heavy atom. The molecule has 0 aliphatic carbocycles. The second-order valence-corrected chi connectivity index (χ2v) is 4.43. The summed E-state index contributed by atoms with van der Waals surface area (Å²) in [6, 6.07) is 10.4. The fraction of sp³-hybridized carbons (Fsp3) is 0.214. The number of carbonyl (C=O) groups excluding carboxylic acids is 1. The Labute approximate surface area is 121 Å². The van der Waals surface area contributed by atoms with Crippen molar-refractivity contribution in [1.82, 2.24) is 10.6 Å². The maximum absolute atomic E-state index is 11.5. The molecule has 0 unspecified atom stereocenters. The molecule has 0 saturated heterocycles. The molecule has 0 bridgehead atoms. The first kappa shape index (κ1) is 14.3. The van der Waals surface area contributed by atoms with Gasteiger partial charge in [-0.25, -0.2) is 4.79 Å². The fourth-order valence-electron chi connectivity index (χ4n) is 1.51. The molecule has 0 atom stereocenters. The molecule has 1 heterocycles. The molecule has 2 amide bonds. The SMILES string of the molecule is O=C(NCCOc1ccc(Cl)cc1)NCc1ccco1. The highest BCUT2D eigenvalue weighted by atomic mass is 35.5. The number of urea groups is 1. The number of amides is 2. The van der Waals surface area contributed by atoms with E-state index in [-0.39, 0.29) is 6.03 Å². The van der Waals surface area contributed by atoms with Crippen molar-refractivity contribution in [1.29, 1.82) is 0 Å². The van der Waals surface area contributed by atoms with Gasteiger partial charge in [0.05, 0.1) is 19.4 Å². The minimum atomic E-state index is -0.263. The summed E-state index contributed by atoms with van der Waals surface area (Å²) in [4.78, 5) is 11.5. The van der Waals surface area contributed by atoms with Crippen molar-refractivity contribution in [3.63, 3.8) is 0 Å². The van der Waals surface area contributed by atoms with Gasteiger partial charge in [-0.15, -0.1) is 0 Å². The Morgan fingerprint density at radius 1 is 1.20 bits per heavy atom. The first-order valence-corrected chi connectivity index (χ1v) is 6.54. The minimum Gasteiger partial charge on any atom is -0.492 e.